The van der Waals surface area contributed by atoms with Crippen LogP contribution in [-0.2, 0) is 8.85 Å². The van der Waals surface area contributed by atoms with Crippen LogP contribution in [0.4, 0.5) is 0 Å². The lowest BCUT2D eigenvalue weighted by atomic mass is 10.9. The summed E-state index contributed by atoms with van der Waals surface area (Å²) in [6.07, 6.45) is 0. The van der Waals surface area contributed by atoms with Gasteiger partial charge in [-0.2, -0.15) is 0 Å². The zero-order valence-electron chi connectivity index (χ0n) is 13.6. The van der Waals surface area contributed by atoms with Crippen LogP contribution >= 0.6 is 0 Å². The molecule has 0 aliphatic heterocycles. The normalized spacial score (nSPS) is 13.5. The molecule has 18 heavy (non-hydrogen) atoms. The summed E-state index contributed by atoms with van der Waals surface area (Å²) >= 11 is 0. The van der Waals surface area contributed by atoms with Gasteiger partial charge in [0.05, 0.1) is 10.2 Å². The monoisotopic (exact) mass is 306 g/mol. The Hall–Kier alpha value is 0.571. The van der Waals surface area contributed by atoms with Gasteiger partial charge in [-0.15, -0.1) is 0 Å². The molecule has 0 unspecified atom stereocenters. The van der Waals surface area contributed by atoms with E-state index in [1.807, 2.05) is 0 Å². The second-order valence-electron chi connectivity index (χ2n) is 5.29. The van der Waals surface area contributed by atoms with Crippen molar-refractivity contribution in [3.63, 3.8) is 0 Å². The van der Waals surface area contributed by atoms with Crippen molar-refractivity contribution >= 4 is 26.9 Å². The van der Waals surface area contributed by atoms with Crippen molar-refractivity contribution in [3.05, 3.63) is 0 Å². The van der Waals surface area contributed by atoms with Crippen molar-refractivity contribution in [2.45, 2.75) is 83.7 Å². The van der Waals surface area contributed by atoms with E-state index in [4.69, 9.17) is 8.85 Å². The molecule has 0 N–H and O–H groups in total. The first-order valence-corrected chi connectivity index (χ1v) is 14.0. The average molecular weight is 307 g/mol. The molecule has 0 spiro atoms. The van der Waals surface area contributed by atoms with E-state index in [1.54, 1.807) is 0 Å². The first-order valence-electron chi connectivity index (χ1n) is 7.82. The van der Waals surface area contributed by atoms with Crippen molar-refractivity contribution in [1.29, 1.82) is 0 Å². The third-order valence-electron chi connectivity index (χ3n) is 4.70. The van der Waals surface area contributed by atoms with E-state index in [2.05, 4.69) is 41.5 Å². The van der Waals surface area contributed by atoms with Gasteiger partial charge < -0.3 is 8.85 Å². The quantitative estimate of drug-likeness (QED) is 0.453. The van der Waals surface area contributed by atoms with Crippen LogP contribution in [0.1, 0.15) is 41.5 Å². The molecule has 0 rings (SSSR count). The number of hydrogen-bond acceptors (Lipinski definition) is 2. The predicted molar refractivity (Wildman–Crippen MR) is 90.3 cm³/mol. The van der Waals surface area contributed by atoms with Gasteiger partial charge in [0.15, 0.2) is 16.6 Å². The lowest BCUT2D eigenvalue weighted by Crippen LogP contribution is -2.47. The molecule has 0 heterocycles. The third-order valence-corrected chi connectivity index (χ3v) is 15.5. The van der Waals surface area contributed by atoms with Crippen molar-refractivity contribution in [2.75, 3.05) is 0 Å². The molecule has 0 saturated heterocycles. The van der Waals surface area contributed by atoms with Gasteiger partial charge in [-0.3, -0.25) is 0 Å². The van der Waals surface area contributed by atoms with Crippen molar-refractivity contribution in [2.24, 2.45) is 0 Å². The summed E-state index contributed by atoms with van der Waals surface area (Å²) in [5.41, 5.74) is 0. The van der Waals surface area contributed by atoms with Crippen LogP contribution in [0.5, 0.6) is 0 Å². The molecule has 0 fully saturated rings. The molecule has 0 atom stereocenters. The topological polar surface area (TPSA) is 18.5 Å². The lowest BCUT2D eigenvalue weighted by molar-refractivity contribution is 0.0565. The Labute approximate surface area is 120 Å². The molecule has 0 amide bonds. The zero-order chi connectivity index (χ0) is 14.2. The van der Waals surface area contributed by atoms with E-state index in [9.17, 15) is 0 Å². The number of hydrogen-bond donors (Lipinski definition) is 0. The van der Waals surface area contributed by atoms with Crippen LogP contribution in [0.2, 0.25) is 36.3 Å². The molecule has 0 aromatic carbocycles. The van der Waals surface area contributed by atoms with Crippen LogP contribution in [0.3, 0.4) is 0 Å². The highest BCUT2D eigenvalue weighted by atomic mass is 28.4. The Balaban J connectivity index is 4.61. The van der Waals surface area contributed by atoms with E-state index < -0.39 is 16.6 Å². The highest BCUT2D eigenvalue weighted by molar-refractivity contribution is 6.75. The maximum absolute atomic E-state index is 6.46. The van der Waals surface area contributed by atoms with E-state index in [-0.39, 0.29) is 5.91 Å². The molecule has 0 radical (unpaired) electrons. The van der Waals surface area contributed by atoms with Gasteiger partial charge in [-0.05, 0) is 36.3 Å². The number of rotatable bonds is 10. The molecule has 0 aliphatic rings. The molecule has 0 aromatic rings. The molecule has 5 heteroatoms. The fourth-order valence-corrected chi connectivity index (χ4v) is 11.3. The Morgan fingerprint density at radius 1 is 0.667 bits per heavy atom. The van der Waals surface area contributed by atoms with E-state index in [0.717, 1.165) is 10.2 Å². The highest BCUT2D eigenvalue weighted by Gasteiger charge is 2.35. The van der Waals surface area contributed by atoms with E-state index >= 15 is 0 Å². The predicted octanol–water partition coefficient (Wildman–Crippen LogP) is 3.68. The molecule has 0 bridgehead atoms. The largest absolute Gasteiger partial charge is 0.397 e. The van der Waals surface area contributed by atoms with Crippen LogP contribution < -0.4 is 0 Å². The Bertz CT molecular complexity index is 178. The maximum Gasteiger partial charge on any atom is 0.194 e. The fourth-order valence-electron chi connectivity index (χ4n) is 2.73. The van der Waals surface area contributed by atoms with E-state index in [0.29, 0.717) is 0 Å². The molecule has 0 aliphatic carbocycles. The van der Waals surface area contributed by atoms with E-state index in [1.165, 1.54) is 36.3 Å². The fraction of sp³-hybridized carbons (Fsp3) is 1.00. The Morgan fingerprint density at radius 3 is 1.06 bits per heavy atom. The lowest BCUT2D eigenvalue weighted by Gasteiger charge is -2.37. The molecule has 110 valence electrons. The van der Waals surface area contributed by atoms with Gasteiger partial charge in [0.25, 0.3) is 0 Å². The first-order chi connectivity index (χ1) is 8.46. The van der Waals surface area contributed by atoms with Gasteiger partial charge in [0.1, 0.15) is 5.91 Å². The SMILES string of the molecule is CC[Si](CC)(CC)OC([SiH3])O[Si](CC)(CC)CC. The highest BCUT2D eigenvalue weighted by Crippen LogP contribution is 2.27. The minimum absolute atomic E-state index is 0.142. The van der Waals surface area contributed by atoms with Crippen LogP contribution in [0.15, 0.2) is 0 Å². The summed E-state index contributed by atoms with van der Waals surface area (Å²) < 4.78 is 12.9. The summed E-state index contributed by atoms with van der Waals surface area (Å²) in [5.74, 6) is 0.142. The summed E-state index contributed by atoms with van der Waals surface area (Å²) in [6.45, 7) is 13.7. The first kappa shape index (κ1) is 18.6. The molecular formula is C13H34O2Si3. The van der Waals surface area contributed by atoms with Crippen LogP contribution in [0, 0.1) is 0 Å². The van der Waals surface area contributed by atoms with Gasteiger partial charge in [0, 0.05) is 0 Å². The summed E-state index contributed by atoms with van der Waals surface area (Å²) in [4.78, 5) is 0. The van der Waals surface area contributed by atoms with Gasteiger partial charge in [-0.1, -0.05) is 41.5 Å². The Morgan fingerprint density at radius 2 is 0.889 bits per heavy atom. The molecular weight excluding hydrogens is 272 g/mol. The van der Waals surface area contributed by atoms with Crippen molar-refractivity contribution in [1.82, 2.24) is 0 Å². The van der Waals surface area contributed by atoms with Gasteiger partial charge in [0.2, 0.25) is 0 Å². The third kappa shape index (κ3) is 4.92. The second-order valence-corrected chi connectivity index (χ2v) is 15.7. The van der Waals surface area contributed by atoms with Crippen LogP contribution in [0.25, 0.3) is 0 Å². The van der Waals surface area contributed by atoms with Crippen molar-refractivity contribution in [3.8, 4) is 0 Å². The molecule has 0 aromatic heterocycles. The summed E-state index contributed by atoms with van der Waals surface area (Å²) in [7, 11) is -1.97. The van der Waals surface area contributed by atoms with Gasteiger partial charge >= 0.3 is 0 Å². The second kappa shape index (κ2) is 8.68. The molecule has 0 saturated carbocycles. The van der Waals surface area contributed by atoms with Gasteiger partial charge in [-0.25, -0.2) is 0 Å². The zero-order valence-corrected chi connectivity index (χ0v) is 17.6. The summed E-state index contributed by atoms with van der Waals surface area (Å²) in [6, 6.07) is 7.34. The smallest absolute Gasteiger partial charge is 0.194 e. The Kier molecular flexibility index (Phi) is 8.96. The standard InChI is InChI=1S/C13H34O2Si3/c1-7-17(8-2,9-3)14-13(16)15-18(10-4,11-5)12-6/h13H,7-12H2,1-6,16H3. The van der Waals surface area contributed by atoms with Crippen molar-refractivity contribution < 1.29 is 8.85 Å². The van der Waals surface area contributed by atoms with Crippen LogP contribution in [-0.4, -0.2) is 32.8 Å². The average Bonchev–Trinajstić information content (AvgIpc) is 2.42. The summed E-state index contributed by atoms with van der Waals surface area (Å²) in [5, 5.41) is 0. The molecule has 2 nitrogen and oxygen atoms in total. The minimum Gasteiger partial charge on any atom is -0.397 e. The maximum atomic E-state index is 6.46. The minimum atomic E-state index is -1.49.